The Morgan fingerprint density at radius 3 is 2.43 bits per heavy atom. The van der Waals surface area contributed by atoms with Crippen LogP contribution in [-0.2, 0) is 0 Å². The Balaban J connectivity index is 2.44. The van der Waals surface area contributed by atoms with Crippen molar-refractivity contribution in [2.75, 3.05) is 0 Å². The first-order valence-electron chi connectivity index (χ1n) is 4.85. The quantitative estimate of drug-likeness (QED) is 0.618. The van der Waals surface area contributed by atoms with Crippen LogP contribution in [0.2, 0.25) is 0 Å². The summed E-state index contributed by atoms with van der Waals surface area (Å²) in [5.41, 5.74) is 4.95. The Labute approximate surface area is 85.3 Å². The molecule has 2 rings (SSSR count). The van der Waals surface area contributed by atoms with Gasteiger partial charge in [0, 0.05) is 0 Å². The molecule has 1 aliphatic rings. The van der Waals surface area contributed by atoms with Crippen molar-refractivity contribution in [1.82, 2.24) is 0 Å². The molecule has 0 spiro atoms. The summed E-state index contributed by atoms with van der Waals surface area (Å²) >= 11 is 0. The largest absolute Gasteiger partial charge is 0.0797 e. The fraction of sp³-hybridized carbons (Fsp3) is 0.143. The molecule has 0 unspecified atom stereocenters. The van der Waals surface area contributed by atoms with Crippen molar-refractivity contribution < 1.29 is 0 Å². The molecule has 0 amide bonds. The SMILES string of the molecule is CC=C1[C]=C(c2ccccc2)C(C)=C1. The first-order valence-corrected chi connectivity index (χ1v) is 4.85. The molecule has 0 atom stereocenters. The summed E-state index contributed by atoms with van der Waals surface area (Å²) < 4.78 is 0. The number of hydrogen-bond donors (Lipinski definition) is 0. The summed E-state index contributed by atoms with van der Waals surface area (Å²) in [4.78, 5) is 0. The highest BCUT2D eigenvalue weighted by Gasteiger charge is 2.10. The highest BCUT2D eigenvalue weighted by Crippen LogP contribution is 2.30. The van der Waals surface area contributed by atoms with E-state index in [4.69, 9.17) is 0 Å². The number of benzene rings is 1. The third-order valence-corrected chi connectivity index (χ3v) is 2.41. The lowest BCUT2D eigenvalue weighted by Crippen LogP contribution is -1.81. The van der Waals surface area contributed by atoms with Crippen molar-refractivity contribution in [1.29, 1.82) is 0 Å². The zero-order valence-electron chi connectivity index (χ0n) is 8.54. The molecule has 0 fully saturated rings. The number of hydrogen-bond acceptors (Lipinski definition) is 0. The van der Waals surface area contributed by atoms with Gasteiger partial charge in [0.2, 0.25) is 0 Å². The highest BCUT2D eigenvalue weighted by atomic mass is 14.1. The van der Waals surface area contributed by atoms with Gasteiger partial charge in [-0.1, -0.05) is 42.5 Å². The van der Waals surface area contributed by atoms with Gasteiger partial charge in [-0.3, -0.25) is 0 Å². The minimum absolute atomic E-state index is 1.18. The molecule has 14 heavy (non-hydrogen) atoms. The van der Waals surface area contributed by atoms with Crippen LogP contribution in [0.1, 0.15) is 19.4 Å². The molecular formula is C14H13. The van der Waals surface area contributed by atoms with Crippen LogP contribution < -0.4 is 0 Å². The van der Waals surface area contributed by atoms with Gasteiger partial charge in [0.1, 0.15) is 0 Å². The Hall–Kier alpha value is -1.56. The zero-order valence-corrected chi connectivity index (χ0v) is 8.54. The maximum Gasteiger partial charge on any atom is -0.00211 e. The van der Waals surface area contributed by atoms with E-state index in [1.54, 1.807) is 0 Å². The van der Waals surface area contributed by atoms with E-state index >= 15 is 0 Å². The van der Waals surface area contributed by atoms with E-state index in [2.05, 4.69) is 49.4 Å². The molecule has 0 saturated heterocycles. The summed E-state index contributed by atoms with van der Waals surface area (Å²) in [7, 11) is 0. The molecular weight excluding hydrogens is 168 g/mol. The van der Waals surface area contributed by atoms with E-state index in [0.29, 0.717) is 0 Å². The summed E-state index contributed by atoms with van der Waals surface area (Å²) in [6.45, 7) is 4.17. The van der Waals surface area contributed by atoms with Crippen molar-refractivity contribution >= 4 is 5.57 Å². The predicted octanol–water partition coefficient (Wildman–Crippen LogP) is 3.78. The average Bonchev–Trinajstić information content (AvgIpc) is 2.61. The molecule has 1 radical (unpaired) electrons. The molecule has 1 aromatic carbocycles. The fourth-order valence-corrected chi connectivity index (χ4v) is 1.64. The standard InChI is InChI=1S/C14H13/c1-3-12-9-11(2)14(10-12)13-7-5-4-6-8-13/h3-9H,1-2H3. The van der Waals surface area contributed by atoms with Crippen LogP contribution in [-0.4, -0.2) is 0 Å². The fourth-order valence-electron chi connectivity index (χ4n) is 1.64. The van der Waals surface area contributed by atoms with Crippen LogP contribution in [0.4, 0.5) is 0 Å². The molecule has 69 valence electrons. The van der Waals surface area contributed by atoms with Crippen molar-refractivity contribution in [3.8, 4) is 0 Å². The lowest BCUT2D eigenvalue weighted by Gasteiger charge is -2.02. The van der Waals surface area contributed by atoms with Gasteiger partial charge in [-0.2, -0.15) is 0 Å². The molecule has 0 aromatic heterocycles. The first kappa shape index (κ1) is 9.01. The first-order chi connectivity index (χ1) is 6.81. The molecule has 0 heteroatoms. The molecule has 0 saturated carbocycles. The third kappa shape index (κ3) is 1.56. The van der Waals surface area contributed by atoms with Gasteiger partial charge in [-0.15, -0.1) is 0 Å². The van der Waals surface area contributed by atoms with Gasteiger partial charge >= 0.3 is 0 Å². The van der Waals surface area contributed by atoms with E-state index in [0.717, 1.165) is 0 Å². The van der Waals surface area contributed by atoms with E-state index in [1.807, 2.05) is 13.0 Å². The van der Waals surface area contributed by atoms with Crippen molar-refractivity contribution in [2.24, 2.45) is 0 Å². The molecule has 0 heterocycles. The molecule has 0 nitrogen and oxygen atoms in total. The van der Waals surface area contributed by atoms with E-state index in [9.17, 15) is 0 Å². The van der Waals surface area contributed by atoms with Crippen molar-refractivity contribution in [2.45, 2.75) is 13.8 Å². The van der Waals surface area contributed by atoms with Crippen molar-refractivity contribution in [3.05, 3.63) is 65.3 Å². The van der Waals surface area contributed by atoms with Crippen LogP contribution in [0.25, 0.3) is 5.57 Å². The minimum atomic E-state index is 1.18. The zero-order chi connectivity index (χ0) is 9.97. The van der Waals surface area contributed by atoms with E-state index < -0.39 is 0 Å². The maximum atomic E-state index is 3.39. The highest BCUT2D eigenvalue weighted by molar-refractivity contribution is 5.83. The van der Waals surface area contributed by atoms with E-state index in [1.165, 1.54) is 22.3 Å². The topological polar surface area (TPSA) is 0 Å². The Morgan fingerprint density at radius 1 is 1.14 bits per heavy atom. The summed E-state index contributed by atoms with van der Waals surface area (Å²) in [5.74, 6) is 0. The van der Waals surface area contributed by atoms with Crippen LogP contribution in [0.15, 0.2) is 53.6 Å². The van der Waals surface area contributed by atoms with Gasteiger partial charge in [-0.25, -0.2) is 0 Å². The van der Waals surface area contributed by atoms with Gasteiger partial charge in [0.05, 0.1) is 0 Å². The maximum absolute atomic E-state index is 3.39. The normalized spacial score (nSPS) is 18.3. The predicted molar refractivity (Wildman–Crippen MR) is 60.6 cm³/mol. The van der Waals surface area contributed by atoms with Crippen LogP contribution >= 0.6 is 0 Å². The molecule has 0 N–H and O–H groups in total. The Kier molecular flexibility index (Phi) is 2.36. The molecule has 0 bridgehead atoms. The van der Waals surface area contributed by atoms with Crippen LogP contribution in [0, 0.1) is 6.08 Å². The van der Waals surface area contributed by atoms with Crippen LogP contribution in [0.3, 0.4) is 0 Å². The van der Waals surface area contributed by atoms with Crippen LogP contribution in [0.5, 0.6) is 0 Å². The number of allylic oxidation sites excluding steroid dienone is 6. The second-order valence-corrected chi connectivity index (χ2v) is 3.44. The second-order valence-electron chi connectivity index (χ2n) is 3.44. The molecule has 0 aliphatic heterocycles. The molecule has 1 aromatic rings. The smallest absolute Gasteiger partial charge is 0.00211 e. The van der Waals surface area contributed by atoms with Gasteiger partial charge in [0.25, 0.3) is 0 Å². The monoisotopic (exact) mass is 181 g/mol. The van der Waals surface area contributed by atoms with Gasteiger partial charge in [0.15, 0.2) is 0 Å². The second kappa shape index (κ2) is 3.67. The Bertz CT molecular complexity index is 417. The average molecular weight is 181 g/mol. The van der Waals surface area contributed by atoms with Gasteiger partial charge < -0.3 is 0 Å². The summed E-state index contributed by atoms with van der Waals surface area (Å²) in [6.07, 6.45) is 7.64. The van der Waals surface area contributed by atoms with E-state index in [-0.39, 0.29) is 0 Å². The van der Waals surface area contributed by atoms with Gasteiger partial charge in [-0.05, 0) is 42.2 Å². The number of rotatable bonds is 1. The minimum Gasteiger partial charge on any atom is -0.0797 e. The lowest BCUT2D eigenvalue weighted by molar-refractivity contribution is 1.52. The third-order valence-electron chi connectivity index (χ3n) is 2.41. The Morgan fingerprint density at radius 2 is 1.86 bits per heavy atom. The van der Waals surface area contributed by atoms with Crippen molar-refractivity contribution in [3.63, 3.8) is 0 Å². The lowest BCUT2D eigenvalue weighted by atomic mass is 10.0. The molecule has 1 aliphatic carbocycles. The summed E-state index contributed by atoms with van der Waals surface area (Å²) in [5, 5.41) is 0. The summed E-state index contributed by atoms with van der Waals surface area (Å²) in [6, 6.07) is 10.4.